The second-order valence-corrected chi connectivity index (χ2v) is 8.59. The van der Waals surface area contributed by atoms with Crippen molar-refractivity contribution in [3.8, 4) is 11.8 Å². The summed E-state index contributed by atoms with van der Waals surface area (Å²) in [6.45, 7) is 4.19. The number of nitrogens with two attached hydrogens (primary N) is 1. The number of allylic oxidation sites excluding steroid dienone is 3. The van der Waals surface area contributed by atoms with Crippen molar-refractivity contribution in [1.29, 1.82) is 5.26 Å². The van der Waals surface area contributed by atoms with Crippen LogP contribution in [0.3, 0.4) is 0 Å². The second-order valence-electron chi connectivity index (χ2n) is 8.59. The van der Waals surface area contributed by atoms with Gasteiger partial charge in [-0.3, -0.25) is 9.69 Å². The van der Waals surface area contributed by atoms with Crippen LogP contribution < -0.4 is 15.4 Å². The third kappa shape index (κ3) is 3.25. The van der Waals surface area contributed by atoms with Gasteiger partial charge in [-0.2, -0.15) is 5.26 Å². The molecule has 0 amide bonds. The van der Waals surface area contributed by atoms with Gasteiger partial charge < -0.3 is 10.5 Å². The van der Waals surface area contributed by atoms with E-state index >= 15 is 0 Å². The molecule has 2 aliphatic rings. The quantitative estimate of drug-likeness (QED) is 0.814. The molecule has 4 rings (SSSR count). The predicted octanol–water partition coefficient (Wildman–Crippen LogP) is 4.64. The molecule has 1 atom stereocenters. The fraction of sp³-hybridized carbons (Fsp3) is 0.280. The van der Waals surface area contributed by atoms with Crippen LogP contribution in [-0.4, -0.2) is 12.9 Å². The number of ether oxygens (including phenoxy) is 1. The number of hydrogen-bond acceptors (Lipinski definition) is 5. The molecular weight excluding hydrogens is 374 g/mol. The third-order valence-electron chi connectivity index (χ3n) is 5.84. The summed E-state index contributed by atoms with van der Waals surface area (Å²) in [7, 11) is 1.61. The van der Waals surface area contributed by atoms with Crippen LogP contribution in [-0.2, 0) is 4.79 Å². The zero-order valence-corrected chi connectivity index (χ0v) is 17.5. The molecule has 0 saturated carbocycles. The van der Waals surface area contributed by atoms with Gasteiger partial charge in [0.05, 0.1) is 24.7 Å². The smallest absolute Gasteiger partial charge is 0.162 e. The van der Waals surface area contributed by atoms with E-state index in [1.54, 1.807) is 7.11 Å². The molecule has 0 radical (unpaired) electrons. The van der Waals surface area contributed by atoms with Crippen LogP contribution in [0.2, 0.25) is 0 Å². The molecular formula is C25H25N3O2. The molecule has 0 bridgehead atoms. The van der Waals surface area contributed by atoms with Gasteiger partial charge in [0.2, 0.25) is 0 Å². The highest BCUT2D eigenvalue weighted by atomic mass is 16.5. The average Bonchev–Trinajstić information content (AvgIpc) is 2.73. The van der Waals surface area contributed by atoms with Gasteiger partial charge in [0.25, 0.3) is 0 Å². The Kier molecular flexibility index (Phi) is 4.87. The lowest BCUT2D eigenvalue weighted by atomic mass is 9.68. The Morgan fingerprint density at radius 2 is 1.77 bits per heavy atom. The number of carbonyl (C=O) groups is 1. The minimum atomic E-state index is -0.473. The van der Waals surface area contributed by atoms with Gasteiger partial charge in [0, 0.05) is 23.4 Å². The van der Waals surface area contributed by atoms with Crippen LogP contribution in [0, 0.1) is 16.7 Å². The van der Waals surface area contributed by atoms with Gasteiger partial charge in [-0.05, 0) is 41.7 Å². The Morgan fingerprint density at radius 1 is 1.10 bits per heavy atom. The highest BCUT2D eigenvalue weighted by Gasteiger charge is 2.44. The van der Waals surface area contributed by atoms with Crippen molar-refractivity contribution < 1.29 is 9.53 Å². The summed E-state index contributed by atoms with van der Waals surface area (Å²) in [5.41, 5.74) is 10.1. The number of carbonyl (C=O) groups excluding carboxylic acids is 1. The lowest BCUT2D eigenvalue weighted by Crippen LogP contribution is -2.42. The normalized spacial score (nSPS) is 20.7. The number of Topliss-reactive ketones (excluding diaryl/α,β-unsaturated/α-hetero) is 1. The molecule has 0 spiro atoms. The summed E-state index contributed by atoms with van der Waals surface area (Å²) in [6.07, 6.45) is 1.15. The van der Waals surface area contributed by atoms with Crippen molar-refractivity contribution in [2.75, 3.05) is 12.0 Å². The molecule has 1 aliphatic carbocycles. The van der Waals surface area contributed by atoms with Gasteiger partial charge in [0.15, 0.2) is 5.78 Å². The fourth-order valence-electron chi connectivity index (χ4n) is 4.51. The van der Waals surface area contributed by atoms with Crippen LogP contribution in [0.1, 0.15) is 38.2 Å². The summed E-state index contributed by atoms with van der Waals surface area (Å²) in [5.74, 6) is 0.706. The molecule has 1 heterocycles. The van der Waals surface area contributed by atoms with E-state index in [4.69, 9.17) is 10.5 Å². The molecule has 2 N–H and O–H groups in total. The van der Waals surface area contributed by atoms with Crippen LogP contribution in [0.4, 0.5) is 5.69 Å². The van der Waals surface area contributed by atoms with Crippen LogP contribution in [0.25, 0.3) is 0 Å². The van der Waals surface area contributed by atoms with E-state index in [0.717, 1.165) is 22.7 Å². The second kappa shape index (κ2) is 7.38. The molecule has 2 aromatic rings. The Bertz CT molecular complexity index is 1090. The molecule has 5 nitrogen and oxygen atoms in total. The molecule has 1 unspecified atom stereocenters. The highest BCUT2D eigenvalue weighted by molar-refractivity contribution is 6.01. The van der Waals surface area contributed by atoms with Gasteiger partial charge in [-0.1, -0.05) is 44.2 Å². The van der Waals surface area contributed by atoms with Crippen molar-refractivity contribution in [2.45, 2.75) is 32.6 Å². The molecule has 30 heavy (non-hydrogen) atoms. The molecule has 5 heteroatoms. The minimum absolute atomic E-state index is 0.0725. The van der Waals surface area contributed by atoms with Gasteiger partial charge in [0.1, 0.15) is 11.6 Å². The zero-order valence-electron chi connectivity index (χ0n) is 17.5. The SMILES string of the molecule is COc1ccc(C2C(C#N)=C(N)N(c3ccccc3)C3=C2C(=O)CC(C)(C)C3)cc1. The molecule has 0 fully saturated rings. The summed E-state index contributed by atoms with van der Waals surface area (Å²) in [5, 5.41) is 10.1. The molecule has 0 saturated heterocycles. The van der Waals surface area contributed by atoms with Gasteiger partial charge in [-0.25, -0.2) is 0 Å². The molecule has 1 aliphatic heterocycles. The van der Waals surface area contributed by atoms with E-state index in [-0.39, 0.29) is 11.2 Å². The first-order valence-corrected chi connectivity index (χ1v) is 10.0. The van der Waals surface area contributed by atoms with Crippen molar-refractivity contribution in [3.05, 3.63) is 82.8 Å². The van der Waals surface area contributed by atoms with Crippen molar-refractivity contribution in [1.82, 2.24) is 0 Å². The van der Waals surface area contributed by atoms with E-state index in [9.17, 15) is 10.1 Å². The Labute approximate surface area is 177 Å². The number of rotatable bonds is 3. The summed E-state index contributed by atoms with van der Waals surface area (Å²) in [4.78, 5) is 15.3. The van der Waals surface area contributed by atoms with Crippen LogP contribution in [0.15, 0.2) is 77.3 Å². The lowest BCUT2D eigenvalue weighted by Gasteiger charge is -2.43. The summed E-state index contributed by atoms with van der Waals surface area (Å²) in [6, 6.07) is 19.5. The first kappa shape index (κ1) is 19.8. The number of methoxy groups -OCH3 is 1. The monoisotopic (exact) mass is 399 g/mol. The maximum Gasteiger partial charge on any atom is 0.162 e. The molecule has 152 valence electrons. The Morgan fingerprint density at radius 3 is 2.37 bits per heavy atom. The van der Waals surface area contributed by atoms with Gasteiger partial charge in [-0.15, -0.1) is 0 Å². The summed E-state index contributed by atoms with van der Waals surface area (Å²) >= 11 is 0. The van der Waals surface area contributed by atoms with E-state index < -0.39 is 5.92 Å². The highest BCUT2D eigenvalue weighted by Crippen LogP contribution is 2.50. The Hall–Kier alpha value is -3.52. The van der Waals surface area contributed by atoms with Crippen molar-refractivity contribution >= 4 is 11.5 Å². The number of nitrogens with zero attached hydrogens (tertiary/aromatic N) is 2. The molecule has 2 aromatic carbocycles. The molecule has 0 aromatic heterocycles. The van der Waals surface area contributed by atoms with Crippen molar-refractivity contribution in [2.24, 2.45) is 11.1 Å². The fourth-order valence-corrected chi connectivity index (χ4v) is 4.51. The standard InChI is InChI=1S/C25H25N3O2/c1-25(2)13-20-23(21(29)14-25)22(16-9-11-18(30-3)12-10-16)19(15-26)24(27)28(20)17-7-5-4-6-8-17/h4-12,22H,13-14,27H2,1-3H3. The van der Waals surface area contributed by atoms with E-state index in [1.165, 1.54) is 0 Å². The first-order valence-electron chi connectivity index (χ1n) is 10.0. The third-order valence-corrected chi connectivity index (χ3v) is 5.84. The predicted molar refractivity (Wildman–Crippen MR) is 117 cm³/mol. The number of ketones is 1. The largest absolute Gasteiger partial charge is 0.497 e. The van der Waals surface area contributed by atoms with E-state index in [2.05, 4.69) is 19.9 Å². The number of hydrogen-bond donors (Lipinski definition) is 1. The lowest BCUT2D eigenvalue weighted by molar-refractivity contribution is -0.118. The maximum absolute atomic E-state index is 13.4. The van der Waals surface area contributed by atoms with E-state index in [1.807, 2.05) is 59.5 Å². The summed E-state index contributed by atoms with van der Waals surface area (Å²) < 4.78 is 5.27. The maximum atomic E-state index is 13.4. The number of para-hydroxylation sites is 1. The number of nitriles is 1. The number of anilines is 1. The zero-order chi connectivity index (χ0) is 21.5. The topological polar surface area (TPSA) is 79.3 Å². The minimum Gasteiger partial charge on any atom is -0.497 e. The van der Waals surface area contributed by atoms with Crippen molar-refractivity contribution in [3.63, 3.8) is 0 Å². The van der Waals surface area contributed by atoms with Crippen LogP contribution >= 0.6 is 0 Å². The van der Waals surface area contributed by atoms with E-state index in [0.29, 0.717) is 29.8 Å². The van der Waals surface area contributed by atoms with Gasteiger partial charge >= 0.3 is 0 Å². The van der Waals surface area contributed by atoms with Crippen LogP contribution in [0.5, 0.6) is 5.75 Å². The Balaban J connectivity index is 1.97. The number of benzene rings is 2. The first-order chi connectivity index (χ1) is 14.4. The average molecular weight is 399 g/mol.